The first-order chi connectivity index (χ1) is 14.5. The number of methoxy groups -OCH3 is 2. The van der Waals surface area contributed by atoms with Crippen molar-refractivity contribution in [3.63, 3.8) is 0 Å². The van der Waals surface area contributed by atoms with Crippen LogP contribution in [0.1, 0.15) is 11.1 Å². The molecule has 2 aromatic carbocycles. The number of anilines is 2. The highest BCUT2D eigenvalue weighted by atomic mass is 32.1. The SMILES string of the molecule is COc1ccc(NC(=O)N2CCN(c3nc4c(C)c(C)ccc4s3)CC2)cc1OC. The number of aromatic nitrogens is 1. The number of benzene rings is 2. The first-order valence-corrected chi connectivity index (χ1v) is 10.7. The van der Waals surface area contributed by atoms with Gasteiger partial charge in [-0.25, -0.2) is 9.78 Å². The maximum atomic E-state index is 12.7. The van der Waals surface area contributed by atoms with E-state index < -0.39 is 0 Å². The third-order valence-corrected chi connectivity index (χ3v) is 6.63. The fourth-order valence-corrected chi connectivity index (χ4v) is 4.64. The summed E-state index contributed by atoms with van der Waals surface area (Å²) in [6.45, 7) is 7.05. The molecule has 0 unspecified atom stereocenters. The van der Waals surface area contributed by atoms with Crippen molar-refractivity contribution >= 4 is 38.4 Å². The van der Waals surface area contributed by atoms with Crippen molar-refractivity contribution in [2.45, 2.75) is 13.8 Å². The zero-order valence-electron chi connectivity index (χ0n) is 17.7. The Morgan fingerprint density at radius 2 is 1.77 bits per heavy atom. The first-order valence-electron chi connectivity index (χ1n) is 9.90. The highest BCUT2D eigenvalue weighted by Gasteiger charge is 2.23. The average Bonchev–Trinajstić information content (AvgIpc) is 3.21. The quantitative estimate of drug-likeness (QED) is 0.674. The summed E-state index contributed by atoms with van der Waals surface area (Å²) >= 11 is 1.72. The summed E-state index contributed by atoms with van der Waals surface area (Å²) in [6.07, 6.45) is 0. The summed E-state index contributed by atoms with van der Waals surface area (Å²) < 4.78 is 11.8. The molecule has 158 valence electrons. The number of urea groups is 1. The van der Waals surface area contributed by atoms with E-state index in [1.54, 1.807) is 43.8 Å². The van der Waals surface area contributed by atoms with E-state index in [2.05, 4.69) is 36.2 Å². The van der Waals surface area contributed by atoms with Gasteiger partial charge < -0.3 is 24.6 Å². The summed E-state index contributed by atoms with van der Waals surface area (Å²) in [5.74, 6) is 1.21. The second kappa shape index (κ2) is 8.39. The molecule has 1 aliphatic rings. The lowest BCUT2D eigenvalue weighted by Gasteiger charge is -2.34. The molecule has 0 aliphatic carbocycles. The lowest BCUT2D eigenvalue weighted by atomic mass is 10.1. The van der Waals surface area contributed by atoms with E-state index >= 15 is 0 Å². The van der Waals surface area contributed by atoms with Crippen LogP contribution in [0.4, 0.5) is 15.6 Å². The molecular weight excluding hydrogens is 400 g/mol. The fourth-order valence-electron chi connectivity index (χ4n) is 3.57. The number of hydrogen-bond acceptors (Lipinski definition) is 6. The molecule has 7 nitrogen and oxygen atoms in total. The van der Waals surface area contributed by atoms with Crippen LogP contribution < -0.4 is 19.7 Å². The van der Waals surface area contributed by atoms with Crippen LogP contribution in [0.15, 0.2) is 30.3 Å². The minimum Gasteiger partial charge on any atom is -0.493 e. The molecule has 8 heteroatoms. The Morgan fingerprint density at radius 3 is 2.47 bits per heavy atom. The molecule has 1 N–H and O–H groups in total. The van der Waals surface area contributed by atoms with Gasteiger partial charge in [0.25, 0.3) is 0 Å². The van der Waals surface area contributed by atoms with Crippen LogP contribution in [-0.4, -0.2) is 56.3 Å². The minimum absolute atomic E-state index is 0.113. The summed E-state index contributed by atoms with van der Waals surface area (Å²) in [5.41, 5.74) is 4.26. The van der Waals surface area contributed by atoms with Crippen molar-refractivity contribution in [3.05, 3.63) is 41.5 Å². The van der Waals surface area contributed by atoms with Gasteiger partial charge in [-0.2, -0.15) is 0 Å². The van der Waals surface area contributed by atoms with Gasteiger partial charge in [-0.15, -0.1) is 0 Å². The van der Waals surface area contributed by atoms with Gasteiger partial charge in [-0.05, 0) is 43.2 Å². The van der Waals surface area contributed by atoms with Crippen molar-refractivity contribution in [1.29, 1.82) is 0 Å². The number of thiazole rings is 1. The zero-order chi connectivity index (χ0) is 21.3. The molecule has 0 radical (unpaired) electrons. The monoisotopic (exact) mass is 426 g/mol. The second-order valence-corrected chi connectivity index (χ2v) is 8.33. The Bertz CT molecular complexity index is 1070. The third kappa shape index (κ3) is 3.87. The molecule has 0 saturated carbocycles. The molecule has 1 saturated heterocycles. The van der Waals surface area contributed by atoms with Crippen molar-refractivity contribution in [2.75, 3.05) is 50.6 Å². The molecule has 2 amide bonds. The van der Waals surface area contributed by atoms with E-state index in [1.807, 2.05) is 4.90 Å². The summed E-state index contributed by atoms with van der Waals surface area (Å²) in [4.78, 5) is 21.7. The zero-order valence-corrected chi connectivity index (χ0v) is 18.5. The molecule has 4 rings (SSSR count). The maximum absolute atomic E-state index is 12.7. The number of piperazine rings is 1. The predicted molar refractivity (Wildman–Crippen MR) is 121 cm³/mol. The molecule has 0 bridgehead atoms. The Labute approximate surface area is 180 Å². The van der Waals surface area contributed by atoms with Crippen LogP contribution in [0.3, 0.4) is 0 Å². The average molecular weight is 427 g/mol. The minimum atomic E-state index is -0.113. The number of rotatable bonds is 4. The number of fused-ring (bicyclic) bond motifs is 1. The van der Waals surface area contributed by atoms with Crippen molar-refractivity contribution < 1.29 is 14.3 Å². The number of amides is 2. The van der Waals surface area contributed by atoms with Gasteiger partial charge in [0.15, 0.2) is 16.6 Å². The normalized spacial score (nSPS) is 14.1. The van der Waals surface area contributed by atoms with E-state index in [4.69, 9.17) is 14.5 Å². The van der Waals surface area contributed by atoms with Gasteiger partial charge in [0.1, 0.15) is 0 Å². The molecule has 2 heterocycles. The molecule has 1 fully saturated rings. The molecule has 0 spiro atoms. The van der Waals surface area contributed by atoms with Gasteiger partial charge in [-0.1, -0.05) is 17.4 Å². The fraction of sp³-hybridized carbons (Fsp3) is 0.364. The Hall–Kier alpha value is -3.00. The van der Waals surface area contributed by atoms with Gasteiger partial charge in [-0.3, -0.25) is 0 Å². The summed E-state index contributed by atoms with van der Waals surface area (Å²) in [6, 6.07) is 9.53. The van der Waals surface area contributed by atoms with E-state index in [9.17, 15) is 4.79 Å². The summed E-state index contributed by atoms with van der Waals surface area (Å²) in [7, 11) is 3.16. The van der Waals surface area contributed by atoms with Crippen LogP contribution in [0.25, 0.3) is 10.2 Å². The second-order valence-electron chi connectivity index (χ2n) is 7.32. The highest BCUT2D eigenvalue weighted by Crippen LogP contribution is 2.33. The number of carbonyl (C=O) groups is 1. The Morgan fingerprint density at radius 1 is 1.03 bits per heavy atom. The van der Waals surface area contributed by atoms with E-state index in [0.29, 0.717) is 30.3 Å². The first kappa shape index (κ1) is 20.3. The number of carbonyl (C=O) groups excluding carboxylic acids is 1. The number of aryl methyl sites for hydroxylation is 2. The third-order valence-electron chi connectivity index (χ3n) is 5.55. The van der Waals surface area contributed by atoms with Gasteiger partial charge in [0.05, 0.1) is 24.4 Å². The number of nitrogens with one attached hydrogen (secondary N) is 1. The van der Waals surface area contributed by atoms with E-state index in [0.717, 1.165) is 23.7 Å². The largest absolute Gasteiger partial charge is 0.493 e. The topological polar surface area (TPSA) is 66.9 Å². The predicted octanol–water partition coefficient (Wildman–Crippen LogP) is 4.28. The molecule has 1 aromatic heterocycles. The number of hydrogen-bond donors (Lipinski definition) is 1. The van der Waals surface area contributed by atoms with E-state index in [-0.39, 0.29) is 6.03 Å². The molecule has 0 atom stereocenters. The number of nitrogens with zero attached hydrogens (tertiary/aromatic N) is 3. The van der Waals surface area contributed by atoms with Crippen molar-refractivity contribution in [1.82, 2.24) is 9.88 Å². The van der Waals surface area contributed by atoms with Gasteiger partial charge >= 0.3 is 6.03 Å². The maximum Gasteiger partial charge on any atom is 0.321 e. The molecule has 30 heavy (non-hydrogen) atoms. The van der Waals surface area contributed by atoms with E-state index in [1.165, 1.54) is 15.8 Å². The lowest BCUT2D eigenvalue weighted by Crippen LogP contribution is -2.50. The van der Waals surface area contributed by atoms with Crippen LogP contribution in [0.5, 0.6) is 11.5 Å². The van der Waals surface area contributed by atoms with Crippen LogP contribution >= 0.6 is 11.3 Å². The van der Waals surface area contributed by atoms with Gasteiger partial charge in [0, 0.05) is 37.9 Å². The van der Waals surface area contributed by atoms with Crippen LogP contribution in [0.2, 0.25) is 0 Å². The lowest BCUT2D eigenvalue weighted by molar-refractivity contribution is 0.208. The molecule has 1 aliphatic heterocycles. The standard InChI is InChI=1S/C22H26N4O3S/c1-14-5-8-19-20(15(14)2)24-22(30-19)26-11-9-25(10-12-26)21(27)23-16-6-7-17(28-3)18(13-16)29-4/h5-8,13H,9-12H2,1-4H3,(H,23,27). The Balaban J connectivity index is 1.40. The van der Waals surface area contributed by atoms with Crippen LogP contribution in [0, 0.1) is 13.8 Å². The van der Waals surface area contributed by atoms with Gasteiger partial charge in [0.2, 0.25) is 0 Å². The number of ether oxygens (including phenoxy) is 2. The van der Waals surface area contributed by atoms with Crippen molar-refractivity contribution in [3.8, 4) is 11.5 Å². The smallest absolute Gasteiger partial charge is 0.321 e. The van der Waals surface area contributed by atoms with Crippen molar-refractivity contribution in [2.24, 2.45) is 0 Å². The molecule has 3 aromatic rings. The van der Waals surface area contributed by atoms with Crippen LogP contribution in [-0.2, 0) is 0 Å². The Kier molecular flexibility index (Phi) is 5.67. The molecular formula is C22H26N4O3S. The summed E-state index contributed by atoms with van der Waals surface area (Å²) in [5, 5.41) is 3.97. The highest BCUT2D eigenvalue weighted by molar-refractivity contribution is 7.22.